The Bertz CT molecular complexity index is 1340. The molecule has 1 aromatic rings. The zero-order valence-electron chi connectivity index (χ0n) is 22.6. The fraction of sp³-hybridized carbons (Fsp3) is 0.607. The van der Waals surface area contributed by atoms with Gasteiger partial charge in [-0.2, -0.15) is 5.26 Å². The molecule has 3 aliphatic heterocycles. The average Bonchev–Trinajstić information content (AvgIpc) is 3.86. The van der Waals surface area contributed by atoms with E-state index >= 15 is 0 Å². The van der Waals surface area contributed by atoms with E-state index in [-0.39, 0.29) is 49.4 Å². The van der Waals surface area contributed by atoms with Crippen LogP contribution in [0.15, 0.2) is 12.1 Å². The molecule has 218 valence electrons. The minimum Gasteiger partial charge on any atom is -0.473 e. The van der Waals surface area contributed by atoms with Gasteiger partial charge in [0.2, 0.25) is 17.4 Å². The average molecular weight is 572 g/mol. The number of halogens is 2. The van der Waals surface area contributed by atoms with Crippen LogP contribution in [-0.4, -0.2) is 89.0 Å². The second-order valence-electron chi connectivity index (χ2n) is 11.8. The summed E-state index contributed by atoms with van der Waals surface area (Å²) in [5, 5.41) is 12.4. The summed E-state index contributed by atoms with van der Waals surface area (Å²) in [6.07, 6.45) is 3.84. The number of nitrogens with one attached hydrogen (secondary N) is 1. The molecule has 0 unspecified atom stereocenters. The maximum absolute atomic E-state index is 14.3. The lowest BCUT2D eigenvalue weighted by Gasteiger charge is -2.37. The molecule has 4 amide bonds. The monoisotopic (exact) mass is 571 g/mol. The lowest BCUT2D eigenvalue weighted by atomic mass is 9.97. The van der Waals surface area contributed by atoms with Gasteiger partial charge in [-0.05, 0) is 24.7 Å². The van der Waals surface area contributed by atoms with Crippen LogP contribution >= 0.6 is 0 Å². The normalized spacial score (nSPS) is 26.5. The predicted octanol–water partition coefficient (Wildman–Crippen LogP) is 2.41. The number of likely N-dealkylation sites (N-methyl/N-ethyl adjacent to an activating group) is 1. The second-order valence-corrected chi connectivity index (χ2v) is 11.8. The SMILES string of the molecule is CN(C(=O)[C@H](CC1CC1)N1CCOC1=O)[C@@H](CC1CC1)C(=O)N1C[C@@]2(C[C@H]1C#N)Oc1cc(F)cc(F)c1NC2=O. The minimum absolute atomic E-state index is 0.195. The van der Waals surface area contributed by atoms with Crippen LogP contribution in [0, 0.1) is 34.8 Å². The maximum atomic E-state index is 14.3. The predicted molar refractivity (Wildman–Crippen MR) is 137 cm³/mol. The Kier molecular flexibility index (Phi) is 6.74. The molecule has 0 aromatic heterocycles. The number of ether oxygens (including phenoxy) is 2. The summed E-state index contributed by atoms with van der Waals surface area (Å²) in [7, 11) is 1.54. The van der Waals surface area contributed by atoms with Crippen LogP contribution in [0.4, 0.5) is 19.3 Å². The number of anilines is 1. The number of benzene rings is 1. The number of rotatable bonds is 8. The van der Waals surface area contributed by atoms with E-state index in [0.717, 1.165) is 31.7 Å². The van der Waals surface area contributed by atoms with Crippen molar-refractivity contribution in [2.75, 3.05) is 32.1 Å². The van der Waals surface area contributed by atoms with Gasteiger partial charge in [-0.3, -0.25) is 19.3 Å². The van der Waals surface area contributed by atoms with E-state index in [9.17, 15) is 33.2 Å². The van der Waals surface area contributed by atoms with Crippen LogP contribution in [0.3, 0.4) is 0 Å². The molecule has 1 N–H and O–H groups in total. The molecule has 2 saturated heterocycles. The zero-order chi connectivity index (χ0) is 29.1. The van der Waals surface area contributed by atoms with Crippen molar-refractivity contribution >= 4 is 29.5 Å². The quantitative estimate of drug-likeness (QED) is 0.507. The van der Waals surface area contributed by atoms with Gasteiger partial charge in [0.15, 0.2) is 11.6 Å². The molecular weight excluding hydrogens is 540 g/mol. The number of nitrogens with zero attached hydrogens (tertiary/aromatic N) is 4. The molecule has 1 spiro atoms. The fourth-order valence-electron chi connectivity index (χ4n) is 6.09. The molecule has 13 heteroatoms. The molecule has 6 rings (SSSR count). The molecule has 2 saturated carbocycles. The number of likely N-dealkylation sites (tertiary alicyclic amines) is 1. The fourth-order valence-corrected chi connectivity index (χ4v) is 6.09. The first-order chi connectivity index (χ1) is 19.6. The highest BCUT2D eigenvalue weighted by molar-refractivity contribution is 6.02. The highest BCUT2D eigenvalue weighted by Gasteiger charge is 2.57. The zero-order valence-corrected chi connectivity index (χ0v) is 22.6. The molecule has 3 heterocycles. The third-order valence-electron chi connectivity index (χ3n) is 8.79. The molecule has 11 nitrogen and oxygen atoms in total. The third kappa shape index (κ3) is 5.04. The van der Waals surface area contributed by atoms with Crippen LogP contribution in [0.1, 0.15) is 44.9 Å². The Morgan fingerprint density at radius 2 is 1.90 bits per heavy atom. The van der Waals surface area contributed by atoms with E-state index in [1.54, 1.807) is 0 Å². The Labute approximate surface area is 235 Å². The van der Waals surface area contributed by atoms with Gasteiger partial charge in [0, 0.05) is 25.6 Å². The highest BCUT2D eigenvalue weighted by atomic mass is 19.1. The van der Waals surface area contributed by atoms with Crippen molar-refractivity contribution < 1.29 is 37.4 Å². The topological polar surface area (TPSA) is 132 Å². The molecule has 4 atom stereocenters. The smallest absolute Gasteiger partial charge is 0.410 e. The molecule has 4 fully saturated rings. The molecular formula is C28H31F2N5O6. The van der Waals surface area contributed by atoms with Crippen molar-refractivity contribution in [3.8, 4) is 11.8 Å². The summed E-state index contributed by atoms with van der Waals surface area (Å²) < 4.78 is 39.2. The molecule has 0 radical (unpaired) electrons. The van der Waals surface area contributed by atoms with Gasteiger partial charge in [0.1, 0.15) is 36.2 Å². The Morgan fingerprint density at radius 3 is 2.54 bits per heavy atom. The van der Waals surface area contributed by atoms with Crippen molar-refractivity contribution in [3.05, 3.63) is 23.8 Å². The lowest BCUT2D eigenvalue weighted by molar-refractivity contribution is -0.148. The van der Waals surface area contributed by atoms with Crippen molar-refractivity contribution in [2.24, 2.45) is 11.8 Å². The number of cyclic esters (lactones) is 1. The van der Waals surface area contributed by atoms with Crippen LogP contribution < -0.4 is 10.1 Å². The molecule has 2 aliphatic carbocycles. The summed E-state index contributed by atoms with van der Waals surface area (Å²) in [4.78, 5) is 57.6. The van der Waals surface area contributed by atoms with Gasteiger partial charge in [0.25, 0.3) is 5.91 Å². The van der Waals surface area contributed by atoms with Gasteiger partial charge >= 0.3 is 6.09 Å². The third-order valence-corrected chi connectivity index (χ3v) is 8.79. The van der Waals surface area contributed by atoms with Gasteiger partial charge in [-0.1, -0.05) is 25.7 Å². The number of carbonyl (C=O) groups is 4. The number of hydrogen-bond donors (Lipinski definition) is 1. The number of nitriles is 1. The van der Waals surface area contributed by atoms with Gasteiger partial charge in [-0.25, -0.2) is 13.6 Å². The Hall–Kier alpha value is -3.95. The summed E-state index contributed by atoms with van der Waals surface area (Å²) >= 11 is 0. The minimum atomic E-state index is -1.73. The molecule has 5 aliphatic rings. The van der Waals surface area contributed by atoms with Crippen molar-refractivity contribution in [1.82, 2.24) is 14.7 Å². The molecule has 41 heavy (non-hydrogen) atoms. The largest absolute Gasteiger partial charge is 0.473 e. The van der Waals surface area contributed by atoms with E-state index in [0.29, 0.717) is 24.8 Å². The molecule has 1 aromatic carbocycles. The Morgan fingerprint density at radius 1 is 1.20 bits per heavy atom. The van der Waals surface area contributed by atoms with Crippen LogP contribution in [-0.2, 0) is 19.1 Å². The van der Waals surface area contributed by atoms with Crippen molar-refractivity contribution in [2.45, 2.75) is 68.7 Å². The van der Waals surface area contributed by atoms with Crippen molar-refractivity contribution in [3.63, 3.8) is 0 Å². The number of hydrogen-bond acceptors (Lipinski definition) is 7. The standard InChI is InChI=1S/C28H31F2N5O6/c1-33(24(36)21(9-16-4-5-16)34-6-7-40-27(34)39)20(8-15-2-3-15)25(37)35-14-28(12-18(35)13-31)26(38)32-23-19(30)10-17(29)11-22(23)41-28/h10-11,15-16,18,20-21H,2-9,12,14H2,1H3,(H,32,38)/t18-,20-,21-,28+/m0/s1. The second kappa shape index (κ2) is 10.2. The first-order valence-corrected chi connectivity index (χ1v) is 14.0. The van der Waals surface area contributed by atoms with E-state index in [1.165, 1.54) is 21.7 Å². The summed E-state index contributed by atoms with van der Waals surface area (Å²) in [5.41, 5.74) is -2.04. The van der Waals surface area contributed by atoms with Gasteiger partial charge < -0.3 is 24.6 Å². The van der Waals surface area contributed by atoms with Crippen LogP contribution in [0.5, 0.6) is 5.75 Å². The van der Waals surface area contributed by atoms with E-state index in [2.05, 4.69) is 11.4 Å². The maximum Gasteiger partial charge on any atom is 0.410 e. The van der Waals surface area contributed by atoms with E-state index in [1.807, 2.05) is 0 Å². The van der Waals surface area contributed by atoms with E-state index < -0.39 is 53.3 Å². The summed E-state index contributed by atoms with van der Waals surface area (Å²) in [6.45, 7) is 0.151. The number of amides is 4. The first kappa shape index (κ1) is 27.2. The molecule has 0 bridgehead atoms. The van der Waals surface area contributed by atoms with Gasteiger partial charge in [-0.15, -0.1) is 0 Å². The van der Waals surface area contributed by atoms with Crippen molar-refractivity contribution in [1.29, 1.82) is 5.26 Å². The highest BCUT2D eigenvalue weighted by Crippen LogP contribution is 2.43. The number of carbonyl (C=O) groups excluding carboxylic acids is 4. The summed E-state index contributed by atoms with van der Waals surface area (Å²) in [6, 6.07) is 0.849. The first-order valence-electron chi connectivity index (χ1n) is 14.0. The van der Waals surface area contributed by atoms with Gasteiger partial charge in [0.05, 0.1) is 19.2 Å². The lowest BCUT2D eigenvalue weighted by Crippen LogP contribution is -2.57. The van der Waals surface area contributed by atoms with Crippen LogP contribution in [0.25, 0.3) is 0 Å². The number of fused-ring (bicyclic) bond motifs is 1. The summed E-state index contributed by atoms with van der Waals surface area (Å²) in [5.74, 6) is -3.21. The Balaban J connectivity index is 1.26. The van der Waals surface area contributed by atoms with Crippen LogP contribution in [0.2, 0.25) is 0 Å². The van der Waals surface area contributed by atoms with E-state index in [4.69, 9.17) is 9.47 Å².